The molecule has 0 saturated heterocycles. The zero-order valence-corrected chi connectivity index (χ0v) is 15.0. The van der Waals surface area contributed by atoms with Gasteiger partial charge in [0.25, 0.3) is 0 Å². The number of hydrogen-bond acceptors (Lipinski definition) is 2. The first-order valence-corrected chi connectivity index (χ1v) is 9.71. The van der Waals surface area contributed by atoms with Gasteiger partial charge in [-0.1, -0.05) is 90.5 Å². The first-order valence-electron chi connectivity index (χ1n) is 8.19. The van der Waals surface area contributed by atoms with Crippen molar-refractivity contribution in [1.82, 2.24) is 0 Å². The van der Waals surface area contributed by atoms with E-state index in [4.69, 9.17) is 8.85 Å². The molecule has 3 aromatic rings. The van der Waals surface area contributed by atoms with E-state index in [9.17, 15) is 0 Å². The number of hydrogen-bond donors (Lipinski definition) is 0. The lowest BCUT2D eigenvalue weighted by molar-refractivity contribution is 0.192. The lowest BCUT2D eigenvalue weighted by atomic mass is 10.2. The summed E-state index contributed by atoms with van der Waals surface area (Å²) in [5.41, 5.74) is 3.59. The molecule has 3 rings (SSSR count). The zero-order valence-electron chi connectivity index (χ0n) is 13.9. The van der Waals surface area contributed by atoms with Gasteiger partial charge in [0.2, 0.25) is 0 Å². The molecule has 0 radical (unpaired) electrons. The Balaban J connectivity index is 1.69. The van der Waals surface area contributed by atoms with Gasteiger partial charge in [-0.25, -0.2) is 0 Å². The fraction of sp³-hybridized carbons (Fsp3) is 0.143. The van der Waals surface area contributed by atoms with Gasteiger partial charge in [0, 0.05) is 0 Å². The summed E-state index contributed by atoms with van der Waals surface area (Å²) in [6, 6.07) is 29.0. The molecule has 122 valence electrons. The second-order valence-electron chi connectivity index (χ2n) is 5.84. The van der Waals surface area contributed by atoms with Crippen molar-refractivity contribution < 1.29 is 8.85 Å². The van der Waals surface area contributed by atoms with Crippen LogP contribution in [0.5, 0.6) is 0 Å². The predicted octanol–water partition coefficient (Wildman–Crippen LogP) is 3.86. The molecule has 0 unspecified atom stereocenters. The molecule has 2 nitrogen and oxygen atoms in total. The molecular formula is C21H22O2Si. The Hall–Kier alpha value is -2.20. The van der Waals surface area contributed by atoms with Gasteiger partial charge in [0.1, 0.15) is 0 Å². The van der Waals surface area contributed by atoms with Crippen molar-refractivity contribution in [2.45, 2.75) is 20.1 Å². The van der Waals surface area contributed by atoms with Gasteiger partial charge in [-0.05, 0) is 23.2 Å². The Morgan fingerprint density at radius 3 is 1.54 bits per heavy atom. The van der Waals surface area contributed by atoms with E-state index in [1.165, 1.54) is 21.9 Å². The summed E-state index contributed by atoms with van der Waals surface area (Å²) >= 11 is 0. The maximum Gasteiger partial charge on any atom is 0.356 e. The molecule has 0 aliphatic heterocycles. The summed E-state index contributed by atoms with van der Waals surface area (Å²) in [7, 11) is -1.95. The van der Waals surface area contributed by atoms with Gasteiger partial charge >= 0.3 is 9.28 Å². The molecule has 0 atom stereocenters. The quantitative estimate of drug-likeness (QED) is 0.611. The van der Waals surface area contributed by atoms with E-state index >= 15 is 0 Å². The van der Waals surface area contributed by atoms with Crippen LogP contribution in [0, 0.1) is 6.92 Å². The SMILES string of the molecule is Cc1ccc([SiH](OCc2ccccc2)OCc2ccccc2)cc1. The molecule has 0 aliphatic rings. The highest BCUT2D eigenvalue weighted by Gasteiger charge is 2.17. The van der Waals surface area contributed by atoms with Crippen LogP contribution in [0.3, 0.4) is 0 Å². The topological polar surface area (TPSA) is 18.5 Å². The summed E-state index contributed by atoms with van der Waals surface area (Å²) in [5, 5.41) is 1.17. The molecule has 3 aromatic carbocycles. The number of rotatable bonds is 7. The third-order valence-electron chi connectivity index (χ3n) is 3.84. The molecule has 24 heavy (non-hydrogen) atoms. The van der Waals surface area contributed by atoms with Crippen LogP contribution in [0.1, 0.15) is 16.7 Å². The molecule has 0 aliphatic carbocycles. The monoisotopic (exact) mass is 334 g/mol. The zero-order chi connectivity index (χ0) is 16.6. The highest BCUT2D eigenvalue weighted by atomic mass is 28.3. The molecule has 0 spiro atoms. The van der Waals surface area contributed by atoms with E-state index in [2.05, 4.69) is 55.5 Å². The van der Waals surface area contributed by atoms with Crippen LogP contribution in [-0.2, 0) is 22.1 Å². The van der Waals surface area contributed by atoms with Crippen LogP contribution in [-0.4, -0.2) is 9.28 Å². The summed E-state index contributed by atoms with van der Waals surface area (Å²) in [6.45, 7) is 3.26. The van der Waals surface area contributed by atoms with Gasteiger partial charge in [0.15, 0.2) is 0 Å². The van der Waals surface area contributed by atoms with E-state index in [1.807, 2.05) is 36.4 Å². The maximum absolute atomic E-state index is 6.19. The highest BCUT2D eigenvalue weighted by Crippen LogP contribution is 2.07. The van der Waals surface area contributed by atoms with Gasteiger partial charge in [0.05, 0.1) is 13.2 Å². The van der Waals surface area contributed by atoms with Crippen LogP contribution >= 0.6 is 0 Å². The molecule has 0 bridgehead atoms. The van der Waals surface area contributed by atoms with Crippen molar-refractivity contribution in [3.8, 4) is 0 Å². The molecular weight excluding hydrogens is 312 g/mol. The van der Waals surface area contributed by atoms with Crippen LogP contribution in [0.25, 0.3) is 0 Å². The lowest BCUT2D eigenvalue weighted by Gasteiger charge is -2.17. The standard InChI is InChI=1S/C21H22O2Si/c1-18-12-14-21(15-13-18)24(22-16-19-8-4-2-5-9-19)23-17-20-10-6-3-7-11-20/h2-15,24H,16-17H2,1H3. The largest absolute Gasteiger partial charge is 0.389 e. The summed E-state index contributed by atoms with van der Waals surface area (Å²) in [4.78, 5) is 0. The smallest absolute Gasteiger partial charge is 0.356 e. The maximum atomic E-state index is 6.19. The molecule has 3 heteroatoms. The fourth-order valence-corrected chi connectivity index (χ4v) is 4.13. The summed E-state index contributed by atoms with van der Waals surface area (Å²) < 4.78 is 12.4. The second-order valence-corrected chi connectivity index (χ2v) is 7.83. The van der Waals surface area contributed by atoms with E-state index < -0.39 is 9.28 Å². The minimum Gasteiger partial charge on any atom is -0.389 e. The van der Waals surface area contributed by atoms with Crippen molar-refractivity contribution in [1.29, 1.82) is 0 Å². The van der Waals surface area contributed by atoms with Crippen LogP contribution < -0.4 is 5.19 Å². The lowest BCUT2D eigenvalue weighted by Crippen LogP contribution is -2.36. The van der Waals surface area contributed by atoms with Crippen molar-refractivity contribution in [2.75, 3.05) is 0 Å². The van der Waals surface area contributed by atoms with Gasteiger partial charge in [-0.3, -0.25) is 0 Å². The second kappa shape index (κ2) is 8.59. The number of aryl methyl sites for hydroxylation is 1. The third kappa shape index (κ3) is 4.90. The Morgan fingerprint density at radius 2 is 1.08 bits per heavy atom. The van der Waals surface area contributed by atoms with E-state index in [-0.39, 0.29) is 0 Å². The fourth-order valence-electron chi connectivity index (χ4n) is 2.46. The molecule has 0 heterocycles. The summed E-state index contributed by atoms with van der Waals surface area (Å²) in [6.07, 6.45) is 0. The molecule has 0 saturated carbocycles. The Kier molecular flexibility index (Phi) is 5.96. The van der Waals surface area contributed by atoms with Gasteiger partial charge < -0.3 is 8.85 Å². The number of benzene rings is 3. The Labute approximate surface area is 145 Å². The van der Waals surface area contributed by atoms with Crippen molar-refractivity contribution in [2.24, 2.45) is 0 Å². The first-order chi connectivity index (χ1) is 11.8. The van der Waals surface area contributed by atoms with Crippen molar-refractivity contribution in [3.63, 3.8) is 0 Å². The average Bonchev–Trinajstić information content (AvgIpc) is 2.64. The Bertz CT molecular complexity index is 683. The predicted molar refractivity (Wildman–Crippen MR) is 100 cm³/mol. The molecule has 0 N–H and O–H groups in total. The minimum atomic E-state index is -1.95. The van der Waals surface area contributed by atoms with Crippen LogP contribution in [0.4, 0.5) is 0 Å². The van der Waals surface area contributed by atoms with E-state index in [1.54, 1.807) is 0 Å². The van der Waals surface area contributed by atoms with Crippen molar-refractivity contribution in [3.05, 3.63) is 102 Å². The molecule has 0 amide bonds. The summed E-state index contributed by atoms with van der Waals surface area (Å²) in [5.74, 6) is 0. The van der Waals surface area contributed by atoms with Crippen molar-refractivity contribution >= 4 is 14.5 Å². The Morgan fingerprint density at radius 1 is 0.625 bits per heavy atom. The van der Waals surface area contributed by atoms with Crippen LogP contribution in [0.15, 0.2) is 84.9 Å². The minimum absolute atomic E-state index is 0.584. The highest BCUT2D eigenvalue weighted by molar-refractivity contribution is 6.61. The van der Waals surface area contributed by atoms with Gasteiger partial charge in [-0.2, -0.15) is 0 Å². The van der Waals surface area contributed by atoms with E-state index in [0.29, 0.717) is 13.2 Å². The normalized spacial score (nSPS) is 10.9. The third-order valence-corrected chi connectivity index (χ3v) is 5.71. The van der Waals surface area contributed by atoms with Gasteiger partial charge in [-0.15, -0.1) is 0 Å². The van der Waals surface area contributed by atoms with Crippen LogP contribution in [0.2, 0.25) is 0 Å². The molecule has 0 fully saturated rings. The average molecular weight is 334 g/mol. The first kappa shape index (κ1) is 16.6. The molecule has 0 aromatic heterocycles. The van der Waals surface area contributed by atoms with E-state index in [0.717, 1.165) is 0 Å².